The molecule has 0 amide bonds. The second-order valence-corrected chi connectivity index (χ2v) is 5.79. The molecule has 1 N–H and O–H groups in total. The first kappa shape index (κ1) is 14.5. The van der Waals surface area contributed by atoms with E-state index in [4.69, 9.17) is 0 Å². The van der Waals surface area contributed by atoms with Crippen molar-refractivity contribution in [3.8, 4) is 0 Å². The average molecular weight is 263 g/mol. The SMILES string of the molecule is CCCNC1CC(c2cccc(F)c2)C1(CC)CC. The van der Waals surface area contributed by atoms with Gasteiger partial charge in [-0.05, 0) is 61.3 Å². The summed E-state index contributed by atoms with van der Waals surface area (Å²) in [4.78, 5) is 0. The summed E-state index contributed by atoms with van der Waals surface area (Å²) in [7, 11) is 0. The van der Waals surface area contributed by atoms with Gasteiger partial charge < -0.3 is 5.32 Å². The molecule has 2 heteroatoms. The summed E-state index contributed by atoms with van der Waals surface area (Å²) in [6.45, 7) is 7.84. The van der Waals surface area contributed by atoms with Gasteiger partial charge in [0.05, 0.1) is 0 Å². The molecule has 0 spiro atoms. The van der Waals surface area contributed by atoms with Gasteiger partial charge in [-0.3, -0.25) is 0 Å². The van der Waals surface area contributed by atoms with Gasteiger partial charge in [0.1, 0.15) is 5.82 Å². The lowest BCUT2D eigenvalue weighted by Gasteiger charge is -2.57. The molecule has 2 unspecified atom stereocenters. The van der Waals surface area contributed by atoms with Crippen molar-refractivity contribution in [2.45, 2.75) is 58.4 Å². The number of halogens is 1. The fourth-order valence-electron chi connectivity index (χ4n) is 3.82. The highest BCUT2D eigenvalue weighted by Crippen LogP contribution is 2.57. The highest BCUT2D eigenvalue weighted by atomic mass is 19.1. The van der Waals surface area contributed by atoms with E-state index in [0.29, 0.717) is 17.4 Å². The highest BCUT2D eigenvalue weighted by Gasteiger charge is 2.52. The predicted octanol–water partition coefficient (Wildman–Crippen LogP) is 4.49. The number of rotatable bonds is 6. The molecule has 19 heavy (non-hydrogen) atoms. The van der Waals surface area contributed by atoms with Crippen LogP contribution in [0.4, 0.5) is 4.39 Å². The Labute approximate surface area is 116 Å². The Morgan fingerprint density at radius 3 is 2.58 bits per heavy atom. The molecular formula is C17H26FN. The van der Waals surface area contributed by atoms with Crippen LogP contribution in [-0.2, 0) is 0 Å². The molecule has 1 aliphatic rings. The summed E-state index contributed by atoms with van der Waals surface area (Å²) in [6.07, 6.45) is 4.63. The smallest absolute Gasteiger partial charge is 0.123 e. The Morgan fingerprint density at radius 2 is 2.00 bits per heavy atom. The quantitative estimate of drug-likeness (QED) is 0.797. The molecule has 1 aromatic rings. The van der Waals surface area contributed by atoms with E-state index in [1.165, 1.54) is 18.1 Å². The molecule has 0 heterocycles. The number of hydrogen-bond acceptors (Lipinski definition) is 1. The standard InChI is InChI=1S/C17H26FN/c1-4-10-19-16-12-15(17(16,5-2)6-3)13-8-7-9-14(18)11-13/h7-9,11,15-16,19H,4-6,10,12H2,1-3H3. The average Bonchev–Trinajstić information content (AvgIpc) is 2.39. The third-order valence-corrected chi connectivity index (χ3v) is 5.07. The summed E-state index contributed by atoms with van der Waals surface area (Å²) in [5.74, 6) is 0.399. The maximum absolute atomic E-state index is 13.4. The van der Waals surface area contributed by atoms with Crippen molar-refractivity contribution in [2.75, 3.05) is 6.54 Å². The Hall–Kier alpha value is -0.890. The molecule has 1 fully saturated rings. The van der Waals surface area contributed by atoms with Crippen LogP contribution in [0.1, 0.15) is 57.9 Å². The fraction of sp³-hybridized carbons (Fsp3) is 0.647. The first-order valence-electron chi connectivity index (χ1n) is 7.66. The molecule has 2 atom stereocenters. The molecule has 0 saturated heterocycles. The Bertz CT molecular complexity index is 411. The van der Waals surface area contributed by atoms with Crippen LogP contribution >= 0.6 is 0 Å². The summed E-state index contributed by atoms with van der Waals surface area (Å²) in [6, 6.07) is 7.78. The molecule has 106 valence electrons. The molecule has 2 rings (SSSR count). The van der Waals surface area contributed by atoms with Gasteiger partial charge >= 0.3 is 0 Å². The minimum Gasteiger partial charge on any atom is -0.313 e. The van der Waals surface area contributed by atoms with Crippen molar-refractivity contribution in [2.24, 2.45) is 5.41 Å². The summed E-state index contributed by atoms with van der Waals surface area (Å²) in [5, 5.41) is 3.68. The Morgan fingerprint density at radius 1 is 1.26 bits per heavy atom. The van der Waals surface area contributed by atoms with E-state index < -0.39 is 0 Å². The van der Waals surface area contributed by atoms with Crippen molar-refractivity contribution < 1.29 is 4.39 Å². The minimum atomic E-state index is -0.108. The normalized spacial score (nSPS) is 25.1. The summed E-state index contributed by atoms with van der Waals surface area (Å²) < 4.78 is 13.4. The van der Waals surface area contributed by atoms with Crippen LogP contribution in [0.5, 0.6) is 0 Å². The van der Waals surface area contributed by atoms with Crippen molar-refractivity contribution in [1.29, 1.82) is 0 Å². The third-order valence-electron chi connectivity index (χ3n) is 5.07. The summed E-state index contributed by atoms with van der Waals surface area (Å²) in [5.41, 5.74) is 1.49. The van der Waals surface area contributed by atoms with Gasteiger partial charge in [-0.15, -0.1) is 0 Å². The summed E-state index contributed by atoms with van der Waals surface area (Å²) >= 11 is 0. The Kier molecular flexibility index (Phi) is 4.62. The van der Waals surface area contributed by atoms with Crippen molar-refractivity contribution in [3.63, 3.8) is 0 Å². The van der Waals surface area contributed by atoms with Crippen LogP contribution in [-0.4, -0.2) is 12.6 Å². The second kappa shape index (κ2) is 6.04. The van der Waals surface area contributed by atoms with Gasteiger partial charge in [-0.25, -0.2) is 4.39 Å². The monoisotopic (exact) mass is 263 g/mol. The van der Waals surface area contributed by atoms with Crippen LogP contribution in [0.3, 0.4) is 0 Å². The van der Waals surface area contributed by atoms with Crippen molar-refractivity contribution >= 4 is 0 Å². The van der Waals surface area contributed by atoms with E-state index in [1.807, 2.05) is 6.07 Å². The number of benzene rings is 1. The zero-order valence-corrected chi connectivity index (χ0v) is 12.4. The molecule has 0 aromatic heterocycles. The van der Waals surface area contributed by atoms with Crippen molar-refractivity contribution in [1.82, 2.24) is 5.32 Å². The van der Waals surface area contributed by atoms with Gasteiger partial charge in [0, 0.05) is 6.04 Å². The molecule has 1 nitrogen and oxygen atoms in total. The second-order valence-electron chi connectivity index (χ2n) is 5.79. The molecular weight excluding hydrogens is 237 g/mol. The van der Waals surface area contributed by atoms with Gasteiger partial charge in [-0.1, -0.05) is 32.9 Å². The topological polar surface area (TPSA) is 12.0 Å². The van der Waals surface area contributed by atoms with Gasteiger partial charge in [0.25, 0.3) is 0 Å². The maximum atomic E-state index is 13.4. The highest BCUT2D eigenvalue weighted by molar-refractivity contribution is 5.29. The van der Waals surface area contributed by atoms with E-state index in [0.717, 1.165) is 25.8 Å². The lowest BCUT2D eigenvalue weighted by Crippen LogP contribution is -2.58. The van der Waals surface area contributed by atoms with Gasteiger partial charge in [0.15, 0.2) is 0 Å². The molecule has 0 radical (unpaired) electrons. The van der Waals surface area contributed by atoms with Crippen LogP contribution in [0, 0.1) is 11.2 Å². The van der Waals surface area contributed by atoms with Crippen molar-refractivity contribution in [3.05, 3.63) is 35.6 Å². The van der Waals surface area contributed by atoms with Crippen LogP contribution in [0.2, 0.25) is 0 Å². The van der Waals surface area contributed by atoms with E-state index in [2.05, 4.69) is 32.2 Å². The number of hydrogen-bond donors (Lipinski definition) is 1. The Balaban J connectivity index is 2.18. The molecule has 1 saturated carbocycles. The van der Waals surface area contributed by atoms with Crippen LogP contribution in [0.25, 0.3) is 0 Å². The molecule has 0 bridgehead atoms. The zero-order chi connectivity index (χ0) is 13.9. The van der Waals surface area contributed by atoms with Crippen LogP contribution in [0.15, 0.2) is 24.3 Å². The van der Waals surface area contributed by atoms with E-state index in [-0.39, 0.29) is 5.82 Å². The fourth-order valence-corrected chi connectivity index (χ4v) is 3.82. The largest absolute Gasteiger partial charge is 0.313 e. The van der Waals surface area contributed by atoms with Crippen LogP contribution < -0.4 is 5.32 Å². The van der Waals surface area contributed by atoms with E-state index in [9.17, 15) is 4.39 Å². The first-order valence-corrected chi connectivity index (χ1v) is 7.66. The zero-order valence-electron chi connectivity index (χ0n) is 12.4. The van der Waals surface area contributed by atoms with Gasteiger partial charge in [0.2, 0.25) is 0 Å². The predicted molar refractivity (Wildman–Crippen MR) is 78.9 cm³/mol. The van der Waals surface area contributed by atoms with E-state index in [1.54, 1.807) is 6.07 Å². The molecule has 1 aliphatic carbocycles. The lowest BCUT2D eigenvalue weighted by atomic mass is 9.52. The molecule has 0 aliphatic heterocycles. The maximum Gasteiger partial charge on any atom is 0.123 e. The van der Waals surface area contributed by atoms with E-state index >= 15 is 0 Å². The first-order chi connectivity index (χ1) is 9.17. The van der Waals surface area contributed by atoms with Gasteiger partial charge in [-0.2, -0.15) is 0 Å². The third kappa shape index (κ3) is 2.55. The lowest BCUT2D eigenvalue weighted by molar-refractivity contribution is 0.0200. The minimum absolute atomic E-state index is 0.108. The molecule has 1 aromatic carbocycles. The number of nitrogens with one attached hydrogen (secondary N) is 1.